The Morgan fingerprint density at radius 3 is 2.15 bits per heavy atom. The minimum atomic E-state index is -0.687. The highest BCUT2D eigenvalue weighted by molar-refractivity contribution is 9.10. The second kappa shape index (κ2) is 12.5. The average molecular weight is 525 g/mol. The van der Waals surface area contributed by atoms with E-state index >= 15 is 0 Å². The summed E-state index contributed by atoms with van der Waals surface area (Å²) >= 11 is 3.45. The van der Waals surface area contributed by atoms with Gasteiger partial charge in [-0.05, 0) is 54.3 Å². The predicted molar refractivity (Wildman–Crippen MR) is 137 cm³/mol. The molecule has 0 aliphatic carbocycles. The quantitative estimate of drug-likeness (QED) is 0.370. The summed E-state index contributed by atoms with van der Waals surface area (Å²) in [5, 5.41) is 3.06. The number of nitrogens with one attached hydrogen (secondary N) is 1. The van der Waals surface area contributed by atoms with Gasteiger partial charge in [0.1, 0.15) is 11.9 Å². The van der Waals surface area contributed by atoms with Crippen molar-refractivity contribution in [3.8, 4) is 0 Å². The molecule has 0 saturated carbocycles. The molecule has 178 valence electrons. The zero-order valence-electron chi connectivity index (χ0n) is 19.5. The fourth-order valence-electron chi connectivity index (χ4n) is 3.66. The van der Waals surface area contributed by atoms with Gasteiger partial charge in [-0.1, -0.05) is 77.5 Å². The van der Waals surface area contributed by atoms with Gasteiger partial charge in [-0.15, -0.1) is 0 Å². The minimum Gasteiger partial charge on any atom is -0.352 e. The molecule has 0 spiro atoms. The number of rotatable bonds is 10. The maximum atomic E-state index is 13.6. The van der Waals surface area contributed by atoms with Gasteiger partial charge in [0.2, 0.25) is 11.8 Å². The van der Waals surface area contributed by atoms with E-state index in [0.29, 0.717) is 18.5 Å². The molecule has 0 bridgehead atoms. The first kappa shape index (κ1) is 25.6. The summed E-state index contributed by atoms with van der Waals surface area (Å²) in [4.78, 5) is 28.7. The number of amides is 2. The first-order valence-electron chi connectivity index (χ1n) is 11.5. The molecule has 2 amide bonds. The number of benzene rings is 3. The molecule has 0 radical (unpaired) electrons. The average Bonchev–Trinajstić information content (AvgIpc) is 2.84. The lowest BCUT2D eigenvalue weighted by atomic mass is 10.0. The van der Waals surface area contributed by atoms with E-state index in [4.69, 9.17) is 0 Å². The van der Waals surface area contributed by atoms with Crippen LogP contribution in [-0.2, 0) is 29.0 Å². The van der Waals surface area contributed by atoms with Crippen LogP contribution in [0.1, 0.15) is 37.0 Å². The highest BCUT2D eigenvalue weighted by Gasteiger charge is 2.31. The molecule has 6 heteroatoms. The molecule has 0 unspecified atom stereocenters. The molecule has 0 aliphatic heterocycles. The van der Waals surface area contributed by atoms with E-state index < -0.39 is 6.04 Å². The van der Waals surface area contributed by atoms with Crippen LogP contribution in [0.2, 0.25) is 0 Å². The number of halogens is 2. The Balaban J connectivity index is 1.95. The van der Waals surface area contributed by atoms with Crippen LogP contribution in [0.3, 0.4) is 0 Å². The smallest absolute Gasteiger partial charge is 0.243 e. The van der Waals surface area contributed by atoms with E-state index in [2.05, 4.69) is 21.2 Å². The topological polar surface area (TPSA) is 49.4 Å². The molecule has 2 atom stereocenters. The molecule has 0 aromatic heterocycles. The van der Waals surface area contributed by atoms with Gasteiger partial charge in [-0.3, -0.25) is 9.59 Å². The lowest BCUT2D eigenvalue weighted by Gasteiger charge is -2.32. The monoisotopic (exact) mass is 524 g/mol. The van der Waals surface area contributed by atoms with Crippen molar-refractivity contribution in [3.63, 3.8) is 0 Å². The van der Waals surface area contributed by atoms with Crippen molar-refractivity contribution < 1.29 is 14.0 Å². The van der Waals surface area contributed by atoms with Crippen molar-refractivity contribution in [2.24, 2.45) is 0 Å². The van der Waals surface area contributed by atoms with E-state index in [1.54, 1.807) is 17.0 Å². The molecule has 3 aromatic rings. The highest BCUT2D eigenvalue weighted by atomic mass is 79.9. The van der Waals surface area contributed by atoms with E-state index in [0.717, 1.165) is 22.0 Å². The Kier molecular flexibility index (Phi) is 9.40. The molecule has 0 aliphatic rings. The standard InChI is InChI=1S/C28H30BrFN2O2/c1-3-20(2)31-28(34)26(17-21-7-5-4-6-8-21)32(19-23-9-13-24(29)14-10-23)27(33)18-22-11-15-25(30)16-12-22/h4-16,20,26H,3,17-19H2,1-2H3,(H,31,34)/t20-,26+/m0/s1. The molecular weight excluding hydrogens is 495 g/mol. The normalized spacial score (nSPS) is 12.6. The van der Waals surface area contributed by atoms with Gasteiger partial charge in [-0.2, -0.15) is 0 Å². The van der Waals surface area contributed by atoms with Gasteiger partial charge in [-0.25, -0.2) is 4.39 Å². The maximum absolute atomic E-state index is 13.6. The summed E-state index contributed by atoms with van der Waals surface area (Å²) in [5.41, 5.74) is 2.60. The van der Waals surface area contributed by atoms with Crippen molar-refractivity contribution in [2.75, 3.05) is 0 Å². The Bertz CT molecular complexity index is 1070. The fraction of sp³-hybridized carbons (Fsp3) is 0.286. The van der Waals surface area contributed by atoms with Crippen molar-refractivity contribution >= 4 is 27.7 Å². The molecule has 3 rings (SSSR count). The zero-order valence-corrected chi connectivity index (χ0v) is 21.1. The summed E-state index contributed by atoms with van der Waals surface area (Å²) in [7, 11) is 0. The van der Waals surface area contributed by atoms with E-state index in [9.17, 15) is 14.0 Å². The third kappa shape index (κ3) is 7.52. The zero-order chi connectivity index (χ0) is 24.5. The molecule has 1 N–H and O–H groups in total. The van der Waals surface area contributed by atoms with Crippen molar-refractivity contribution in [1.82, 2.24) is 10.2 Å². The summed E-state index contributed by atoms with van der Waals surface area (Å²) < 4.78 is 14.3. The highest BCUT2D eigenvalue weighted by Crippen LogP contribution is 2.19. The molecule has 0 fully saturated rings. The number of carbonyl (C=O) groups is 2. The third-order valence-corrected chi connectivity index (χ3v) is 6.34. The largest absolute Gasteiger partial charge is 0.352 e. The van der Waals surface area contributed by atoms with Crippen molar-refractivity contribution in [3.05, 3.63) is 106 Å². The van der Waals surface area contributed by atoms with Gasteiger partial charge in [0.15, 0.2) is 0 Å². The molecular formula is C28H30BrFN2O2. The lowest BCUT2D eigenvalue weighted by Crippen LogP contribution is -2.52. The summed E-state index contributed by atoms with van der Waals surface area (Å²) in [6.07, 6.45) is 1.27. The SMILES string of the molecule is CC[C@H](C)NC(=O)[C@@H](Cc1ccccc1)N(Cc1ccc(Br)cc1)C(=O)Cc1ccc(F)cc1. The first-order chi connectivity index (χ1) is 16.4. The number of nitrogens with zero attached hydrogens (tertiary/aromatic N) is 1. The van der Waals surface area contributed by atoms with Crippen LogP contribution >= 0.6 is 15.9 Å². The lowest BCUT2D eigenvalue weighted by molar-refractivity contribution is -0.141. The Morgan fingerprint density at radius 1 is 0.912 bits per heavy atom. The molecule has 0 heterocycles. The molecule has 0 saturated heterocycles. The van der Waals surface area contributed by atoms with Gasteiger partial charge in [0.05, 0.1) is 6.42 Å². The van der Waals surface area contributed by atoms with Gasteiger partial charge in [0.25, 0.3) is 0 Å². The molecule has 34 heavy (non-hydrogen) atoms. The van der Waals surface area contributed by atoms with E-state index in [1.807, 2.05) is 68.4 Å². The number of carbonyl (C=O) groups excluding carboxylic acids is 2. The Hall–Kier alpha value is -2.99. The van der Waals surface area contributed by atoms with Crippen LogP contribution in [-0.4, -0.2) is 28.8 Å². The predicted octanol–water partition coefficient (Wildman–Crippen LogP) is 5.69. The number of hydrogen-bond donors (Lipinski definition) is 1. The third-order valence-electron chi connectivity index (χ3n) is 5.81. The Labute approximate surface area is 209 Å². The van der Waals surface area contributed by atoms with Gasteiger partial charge >= 0.3 is 0 Å². The minimum absolute atomic E-state index is 0.00694. The van der Waals surface area contributed by atoms with Crippen LogP contribution < -0.4 is 5.32 Å². The summed E-state index contributed by atoms with van der Waals surface area (Å²) in [6, 6.07) is 22.6. The van der Waals surface area contributed by atoms with Gasteiger partial charge in [0, 0.05) is 23.5 Å². The molecule has 4 nitrogen and oxygen atoms in total. The van der Waals surface area contributed by atoms with Crippen LogP contribution in [0.15, 0.2) is 83.3 Å². The first-order valence-corrected chi connectivity index (χ1v) is 12.3. The van der Waals surface area contributed by atoms with Crippen molar-refractivity contribution in [2.45, 2.75) is 51.7 Å². The summed E-state index contributed by atoms with van der Waals surface area (Å²) in [5.74, 6) is -0.713. The second-order valence-corrected chi connectivity index (χ2v) is 9.39. The molecule has 3 aromatic carbocycles. The van der Waals surface area contributed by atoms with Crippen LogP contribution in [0, 0.1) is 5.82 Å². The Morgan fingerprint density at radius 2 is 1.53 bits per heavy atom. The fourth-order valence-corrected chi connectivity index (χ4v) is 3.92. The van der Waals surface area contributed by atoms with Crippen molar-refractivity contribution in [1.29, 1.82) is 0 Å². The van der Waals surface area contributed by atoms with Crippen LogP contribution in [0.25, 0.3) is 0 Å². The summed E-state index contributed by atoms with van der Waals surface area (Å²) in [6.45, 7) is 4.26. The van der Waals surface area contributed by atoms with E-state index in [1.165, 1.54) is 12.1 Å². The second-order valence-electron chi connectivity index (χ2n) is 8.47. The number of hydrogen-bond acceptors (Lipinski definition) is 2. The van der Waals surface area contributed by atoms with E-state index in [-0.39, 0.29) is 30.1 Å². The van der Waals surface area contributed by atoms with Gasteiger partial charge < -0.3 is 10.2 Å². The van der Waals surface area contributed by atoms with Crippen LogP contribution in [0.4, 0.5) is 4.39 Å². The maximum Gasteiger partial charge on any atom is 0.243 e. The van der Waals surface area contributed by atoms with Crippen LogP contribution in [0.5, 0.6) is 0 Å².